The van der Waals surface area contributed by atoms with Gasteiger partial charge in [-0.1, -0.05) is 19.1 Å². The van der Waals surface area contributed by atoms with Crippen molar-refractivity contribution in [2.75, 3.05) is 13.1 Å². The van der Waals surface area contributed by atoms with Crippen LogP contribution in [0, 0.1) is 5.41 Å². The molecule has 17 heavy (non-hydrogen) atoms. The van der Waals surface area contributed by atoms with Gasteiger partial charge >= 0.3 is 0 Å². The van der Waals surface area contributed by atoms with Crippen LogP contribution in [-0.2, 0) is 11.2 Å². The van der Waals surface area contributed by atoms with Crippen molar-refractivity contribution < 1.29 is 9.90 Å². The summed E-state index contributed by atoms with van der Waals surface area (Å²) in [5, 5.41) is 12.5. The first kappa shape index (κ1) is 12.1. The van der Waals surface area contributed by atoms with E-state index in [-0.39, 0.29) is 11.2 Å². The van der Waals surface area contributed by atoms with E-state index in [2.05, 4.69) is 12.2 Å². The molecular formula is C14H19NO2. The highest BCUT2D eigenvalue weighted by Gasteiger charge is 2.38. The van der Waals surface area contributed by atoms with E-state index in [0.29, 0.717) is 12.2 Å². The van der Waals surface area contributed by atoms with Crippen LogP contribution in [0.25, 0.3) is 0 Å². The molecule has 1 atom stereocenters. The Bertz CT molecular complexity index is 391. The van der Waals surface area contributed by atoms with Crippen LogP contribution in [-0.4, -0.2) is 24.0 Å². The van der Waals surface area contributed by atoms with Crippen LogP contribution < -0.4 is 5.32 Å². The Morgan fingerprint density at radius 1 is 1.41 bits per heavy atom. The maximum absolute atomic E-state index is 12.4. The number of carbonyl (C=O) groups excluding carboxylic acids is 1. The van der Waals surface area contributed by atoms with Crippen molar-refractivity contribution in [2.45, 2.75) is 26.2 Å². The Labute approximate surface area is 102 Å². The number of aromatic hydroxyl groups is 1. The summed E-state index contributed by atoms with van der Waals surface area (Å²) >= 11 is 0. The Balaban J connectivity index is 2.08. The van der Waals surface area contributed by atoms with Gasteiger partial charge in [-0.25, -0.2) is 0 Å². The van der Waals surface area contributed by atoms with Gasteiger partial charge in [0.05, 0.1) is 0 Å². The van der Waals surface area contributed by atoms with Crippen molar-refractivity contribution in [3.8, 4) is 5.75 Å². The molecule has 0 spiro atoms. The minimum atomic E-state index is -0.169. The standard InChI is InChI=1S/C14H19NO2/c1-2-14(7-8-15-10-14)13(17)9-11-3-5-12(16)6-4-11/h3-6,15-16H,2,7-10H2,1H3. The second-order valence-corrected chi connectivity index (χ2v) is 4.83. The van der Waals surface area contributed by atoms with E-state index >= 15 is 0 Å². The highest BCUT2D eigenvalue weighted by molar-refractivity contribution is 5.87. The molecule has 1 aromatic carbocycles. The molecule has 0 amide bonds. The van der Waals surface area contributed by atoms with E-state index < -0.39 is 0 Å². The summed E-state index contributed by atoms with van der Waals surface area (Å²) in [6.45, 7) is 3.83. The second-order valence-electron chi connectivity index (χ2n) is 4.83. The van der Waals surface area contributed by atoms with Gasteiger partial charge in [-0.05, 0) is 37.1 Å². The summed E-state index contributed by atoms with van der Waals surface area (Å²) in [5.74, 6) is 0.560. The molecule has 0 radical (unpaired) electrons. The third-order valence-corrected chi connectivity index (χ3v) is 3.81. The van der Waals surface area contributed by atoms with Crippen LogP contribution in [0.4, 0.5) is 0 Å². The van der Waals surface area contributed by atoms with Crippen molar-refractivity contribution in [1.82, 2.24) is 5.32 Å². The third-order valence-electron chi connectivity index (χ3n) is 3.81. The molecule has 3 heteroatoms. The topological polar surface area (TPSA) is 49.3 Å². The second kappa shape index (κ2) is 4.88. The van der Waals surface area contributed by atoms with Crippen LogP contribution >= 0.6 is 0 Å². The van der Waals surface area contributed by atoms with E-state index in [1.807, 2.05) is 12.1 Å². The number of ketones is 1. The van der Waals surface area contributed by atoms with Crippen LogP contribution in [0.2, 0.25) is 0 Å². The normalized spacial score (nSPS) is 23.8. The van der Waals surface area contributed by atoms with Gasteiger partial charge in [0.15, 0.2) is 0 Å². The molecule has 0 saturated carbocycles. The summed E-state index contributed by atoms with van der Waals surface area (Å²) in [6, 6.07) is 6.90. The summed E-state index contributed by atoms with van der Waals surface area (Å²) < 4.78 is 0. The Morgan fingerprint density at radius 2 is 2.12 bits per heavy atom. The third kappa shape index (κ3) is 2.50. The number of carbonyl (C=O) groups is 1. The van der Waals surface area contributed by atoms with Gasteiger partial charge in [0.1, 0.15) is 11.5 Å². The monoisotopic (exact) mass is 233 g/mol. The number of phenolic OH excluding ortho intramolecular Hbond substituents is 1. The first-order chi connectivity index (χ1) is 8.16. The lowest BCUT2D eigenvalue weighted by Gasteiger charge is -2.24. The first-order valence-electron chi connectivity index (χ1n) is 6.18. The van der Waals surface area contributed by atoms with E-state index in [9.17, 15) is 9.90 Å². The highest BCUT2D eigenvalue weighted by Crippen LogP contribution is 2.31. The highest BCUT2D eigenvalue weighted by atomic mass is 16.3. The minimum absolute atomic E-state index is 0.169. The predicted octanol–water partition coefficient (Wildman–Crippen LogP) is 1.89. The number of benzene rings is 1. The molecule has 3 nitrogen and oxygen atoms in total. The summed E-state index contributed by atoms with van der Waals surface area (Å²) in [6.07, 6.45) is 2.31. The molecule has 1 unspecified atom stereocenters. The molecule has 1 saturated heterocycles. The van der Waals surface area contributed by atoms with E-state index in [4.69, 9.17) is 0 Å². The summed E-state index contributed by atoms with van der Waals surface area (Å²) in [5.41, 5.74) is 0.810. The fourth-order valence-electron chi connectivity index (χ4n) is 2.47. The number of hydrogen-bond donors (Lipinski definition) is 2. The van der Waals surface area contributed by atoms with Crippen LogP contribution in [0.15, 0.2) is 24.3 Å². The number of phenols is 1. The zero-order chi connectivity index (χ0) is 12.3. The number of hydrogen-bond acceptors (Lipinski definition) is 3. The zero-order valence-corrected chi connectivity index (χ0v) is 10.2. The molecule has 2 N–H and O–H groups in total. The fourth-order valence-corrected chi connectivity index (χ4v) is 2.47. The molecule has 1 heterocycles. The van der Waals surface area contributed by atoms with Gasteiger partial charge in [-0.2, -0.15) is 0 Å². The lowest BCUT2D eigenvalue weighted by molar-refractivity contribution is -0.127. The SMILES string of the molecule is CCC1(C(=O)Cc2ccc(O)cc2)CCNC1. The fraction of sp³-hybridized carbons (Fsp3) is 0.500. The number of rotatable bonds is 4. The van der Waals surface area contributed by atoms with Gasteiger partial charge < -0.3 is 10.4 Å². The Morgan fingerprint density at radius 3 is 2.65 bits per heavy atom. The Hall–Kier alpha value is -1.35. The lowest BCUT2D eigenvalue weighted by Crippen LogP contribution is -2.34. The van der Waals surface area contributed by atoms with Crippen LogP contribution in [0.1, 0.15) is 25.3 Å². The predicted molar refractivity (Wildman–Crippen MR) is 67.0 cm³/mol. The summed E-state index contributed by atoms with van der Waals surface area (Å²) in [7, 11) is 0. The molecular weight excluding hydrogens is 214 g/mol. The lowest BCUT2D eigenvalue weighted by atomic mass is 9.78. The molecule has 0 aliphatic carbocycles. The van der Waals surface area contributed by atoms with Crippen LogP contribution in [0.5, 0.6) is 5.75 Å². The van der Waals surface area contributed by atoms with Gasteiger partial charge in [-0.3, -0.25) is 4.79 Å². The molecule has 0 bridgehead atoms. The van der Waals surface area contributed by atoms with Crippen molar-refractivity contribution in [1.29, 1.82) is 0 Å². The molecule has 2 rings (SSSR count). The van der Waals surface area contributed by atoms with Crippen molar-refractivity contribution in [2.24, 2.45) is 5.41 Å². The quantitative estimate of drug-likeness (QED) is 0.835. The van der Waals surface area contributed by atoms with Crippen molar-refractivity contribution >= 4 is 5.78 Å². The zero-order valence-electron chi connectivity index (χ0n) is 10.2. The molecule has 1 aromatic rings. The molecule has 1 aliphatic heterocycles. The van der Waals surface area contributed by atoms with E-state index in [1.54, 1.807) is 12.1 Å². The van der Waals surface area contributed by atoms with E-state index in [1.165, 1.54) is 0 Å². The molecule has 1 aliphatic rings. The maximum Gasteiger partial charge on any atom is 0.144 e. The maximum atomic E-state index is 12.4. The van der Waals surface area contributed by atoms with Gasteiger partial charge in [0.2, 0.25) is 0 Å². The van der Waals surface area contributed by atoms with Gasteiger partial charge in [0.25, 0.3) is 0 Å². The van der Waals surface area contributed by atoms with Gasteiger partial charge in [-0.15, -0.1) is 0 Å². The molecule has 1 fully saturated rings. The molecule has 0 aromatic heterocycles. The van der Waals surface area contributed by atoms with Crippen LogP contribution in [0.3, 0.4) is 0 Å². The van der Waals surface area contributed by atoms with Crippen molar-refractivity contribution in [3.05, 3.63) is 29.8 Å². The average molecular weight is 233 g/mol. The number of Topliss-reactive ketones (excluding diaryl/α,β-unsaturated/α-hetero) is 1. The minimum Gasteiger partial charge on any atom is -0.508 e. The Kier molecular flexibility index (Phi) is 3.48. The smallest absolute Gasteiger partial charge is 0.144 e. The largest absolute Gasteiger partial charge is 0.508 e. The molecule has 92 valence electrons. The van der Waals surface area contributed by atoms with Gasteiger partial charge in [0, 0.05) is 18.4 Å². The van der Waals surface area contributed by atoms with Crippen molar-refractivity contribution in [3.63, 3.8) is 0 Å². The summed E-state index contributed by atoms with van der Waals surface area (Å²) in [4.78, 5) is 12.4. The first-order valence-corrected chi connectivity index (χ1v) is 6.18. The average Bonchev–Trinajstić information content (AvgIpc) is 2.82. The number of nitrogens with one attached hydrogen (secondary N) is 1. The van der Waals surface area contributed by atoms with E-state index in [0.717, 1.165) is 31.5 Å².